The van der Waals surface area contributed by atoms with Crippen LogP contribution in [-0.2, 0) is 4.79 Å². The van der Waals surface area contributed by atoms with Crippen molar-refractivity contribution in [3.8, 4) is 0 Å². The van der Waals surface area contributed by atoms with Gasteiger partial charge in [-0.05, 0) is 30.8 Å². The number of carbonyl (C=O) groups is 2. The monoisotopic (exact) mass is 290 g/mol. The third-order valence-electron chi connectivity index (χ3n) is 2.26. The van der Waals surface area contributed by atoms with E-state index in [1.807, 2.05) is 25.1 Å². The van der Waals surface area contributed by atoms with Crippen LogP contribution in [0.3, 0.4) is 0 Å². The quantitative estimate of drug-likeness (QED) is 0.524. The minimum Gasteiger partial charge on any atom is -0.339 e. The molecule has 0 atom stereocenters. The van der Waals surface area contributed by atoms with Gasteiger partial charge < -0.3 is 10.2 Å². The number of rotatable bonds is 4. The molecule has 5 heteroatoms. The summed E-state index contributed by atoms with van der Waals surface area (Å²) in [6, 6.07) is 7.22. The third kappa shape index (κ3) is 5.32. The van der Waals surface area contributed by atoms with Crippen LogP contribution in [0.25, 0.3) is 0 Å². The van der Waals surface area contributed by atoms with Gasteiger partial charge in [0.2, 0.25) is 5.91 Å². The van der Waals surface area contributed by atoms with E-state index >= 15 is 0 Å². The van der Waals surface area contributed by atoms with Gasteiger partial charge in [-0.2, -0.15) is 0 Å². The minimum atomic E-state index is -0.228. The number of hydrogen-bond acceptors (Lipinski definition) is 3. The Bertz CT molecular complexity index is 536. The maximum atomic E-state index is 11.7. The summed E-state index contributed by atoms with van der Waals surface area (Å²) in [5.74, 6) is -0.228. The summed E-state index contributed by atoms with van der Waals surface area (Å²) in [6.07, 6.45) is 6.71. The molecule has 0 fully saturated rings. The van der Waals surface area contributed by atoms with Gasteiger partial charge in [0.05, 0.1) is 5.69 Å². The van der Waals surface area contributed by atoms with Crippen LogP contribution in [0, 0.1) is 0 Å². The van der Waals surface area contributed by atoms with Crippen molar-refractivity contribution in [2.24, 2.45) is 0 Å². The van der Waals surface area contributed by atoms with E-state index < -0.39 is 0 Å². The maximum Gasteiger partial charge on any atom is 0.286 e. The zero-order valence-electron chi connectivity index (χ0n) is 11.8. The normalized spacial score (nSPS) is 10.9. The molecule has 20 heavy (non-hydrogen) atoms. The second-order valence-corrected chi connectivity index (χ2v) is 5.13. The van der Waals surface area contributed by atoms with E-state index in [1.54, 1.807) is 38.4 Å². The molecule has 0 aliphatic carbocycles. The molecule has 1 N–H and O–H groups in total. The van der Waals surface area contributed by atoms with Gasteiger partial charge in [0.1, 0.15) is 0 Å². The molecule has 0 aliphatic rings. The average molecular weight is 290 g/mol. The number of nitrogens with one attached hydrogen (secondary N) is 1. The Morgan fingerprint density at radius 2 is 1.90 bits per heavy atom. The maximum absolute atomic E-state index is 11.7. The van der Waals surface area contributed by atoms with E-state index in [1.165, 1.54) is 11.0 Å². The summed E-state index contributed by atoms with van der Waals surface area (Å²) in [6.45, 7) is 1.88. The van der Waals surface area contributed by atoms with Crippen molar-refractivity contribution in [2.45, 2.75) is 11.8 Å². The fraction of sp³-hybridized carbons (Fsp3) is 0.200. The van der Waals surface area contributed by atoms with Crippen molar-refractivity contribution < 1.29 is 9.59 Å². The Morgan fingerprint density at radius 3 is 2.55 bits per heavy atom. The first-order valence-corrected chi connectivity index (χ1v) is 6.94. The molecule has 0 unspecified atom stereocenters. The van der Waals surface area contributed by atoms with Gasteiger partial charge in [0.25, 0.3) is 5.24 Å². The topological polar surface area (TPSA) is 49.4 Å². The van der Waals surface area contributed by atoms with E-state index in [4.69, 9.17) is 0 Å². The van der Waals surface area contributed by atoms with Gasteiger partial charge in [-0.15, -0.1) is 0 Å². The average Bonchev–Trinajstić information content (AvgIpc) is 2.41. The van der Waals surface area contributed by atoms with Gasteiger partial charge in [-0.1, -0.05) is 30.4 Å². The Kier molecular flexibility index (Phi) is 6.59. The molecule has 0 bridgehead atoms. The Hall–Kier alpha value is -2.01. The molecule has 1 aromatic rings. The van der Waals surface area contributed by atoms with Crippen LogP contribution >= 0.6 is 11.8 Å². The molecule has 4 nitrogen and oxygen atoms in total. The number of benzene rings is 1. The van der Waals surface area contributed by atoms with Crippen molar-refractivity contribution in [3.63, 3.8) is 0 Å². The summed E-state index contributed by atoms with van der Waals surface area (Å²) in [5.41, 5.74) is 0.628. The number of carbonyl (C=O) groups excluding carboxylic acids is 2. The lowest BCUT2D eigenvalue weighted by molar-refractivity contribution is -0.111. The van der Waals surface area contributed by atoms with E-state index in [-0.39, 0.29) is 11.1 Å². The number of amides is 2. The van der Waals surface area contributed by atoms with Crippen LogP contribution in [0.2, 0.25) is 0 Å². The summed E-state index contributed by atoms with van der Waals surface area (Å²) in [7, 11) is 3.38. The number of allylic oxidation sites excluding steroid dienone is 3. The fourth-order valence-corrected chi connectivity index (χ4v) is 2.02. The van der Waals surface area contributed by atoms with Crippen molar-refractivity contribution >= 4 is 28.6 Å². The first kappa shape index (κ1) is 16.0. The molecule has 1 aromatic carbocycles. The standard InChI is InChI=1S/C15H18N2O2S/c1-4-5-6-11-14(18)16-12-9-7-8-10-13(12)20-15(19)17(2)3/h4-11H,1-3H3,(H,16,18). The second-order valence-electron chi connectivity index (χ2n) is 4.13. The molecule has 0 aliphatic heterocycles. The van der Waals surface area contributed by atoms with Crippen LogP contribution in [0.4, 0.5) is 10.5 Å². The zero-order valence-corrected chi connectivity index (χ0v) is 12.6. The number of anilines is 1. The van der Waals surface area contributed by atoms with Gasteiger partial charge in [-0.25, -0.2) is 0 Å². The molecule has 2 amide bonds. The minimum absolute atomic E-state index is 0.0869. The lowest BCUT2D eigenvalue weighted by atomic mass is 10.3. The lowest BCUT2D eigenvalue weighted by Crippen LogP contribution is -2.16. The molecule has 0 saturated carbocycles. The molecule has 106 valence electrons. The lowest BCUT2D eigenvalue weighted by Gasteiger charge is -2.12. The summed E-state index contributed by atoms with van der Waals surface area (Å²) < 4.78 is 0. The van der Waals surface area contributed by atoms with Gasteiger partial charge in [0, 0.05) is 25.1 Å². The first-order chi connectivity index (χ1) is 9.54. The molecular formula is C15H18N2O2S. The van der Waals surface area contributed by atoms with Gasteiger partial charge in [0.15, 0.2) is 0 Å². The highest BCUT2D eigenvalue weighted by atomic mass is 32.2. The van der Waals surface area contributed by atoms with Crippen LogP contribution in [0.15, 0.2) is 53.5 Å². The first-order valence-electron chi connectivity index (χ1n) is 6.13. The SMILES string of the molecule is CC=CC=CC(=O)Nc1ccccc1SC(=O)N(C)C. The summed E-state index contributed by atoms with van der Waals surface area (Å²) in [4.78, 5) is 25.7. The highest BCUT2D eigenvalue weighted by Gasteiger charge is 2.11. The highest BCUT2D eigenvalue weighted by molar-refractivity contribution is 8.13. The number of para-hydroxylation sites is 1. The van der Waals surface area contributed by atoms with Crippen LogP contribution in [0.1, 0.15) is 6.92 Å². The number of nitrogens with zero attached hydrogens (tertiary/aromatic N) is 1. The van der Waals surface area contributed by atoms with Crippen molar-refractivity contribution in [1.29, 1.82) is 0 Å². The van der Waals surface area contributed by atoms with E-state index in [9.17, 15) is 9.59 Å². The van der Waals surface area contributed by atoms with Crippen molar-refractivity contribution in [3.05, 3.63) is 48.6 Å². The molecule has 0 heterocycles. The largest absolute Gasteiger partial charge is 0.339 e. The fourth-order valence-electron chi connectivity index (χ4n) is 1.27. The van der Waals surface area contributed by atoms with E-state index in [2.05, 4.69) is 5.32 Å². The second kappa shape index (κ2) is 8.22. The molecule has 0 saturated heterocycles. The van der Waals surface area contributed by atoms with Gasteiger partial charge in [-0.3, -0.25) is 9.59 Å². The van der Waals surface area contributed by atoms with Crippen LogP contribution in [0.5, 0.6) is 0 Å². The summed E-state index contributed by atoms with van der Waals surface area (Å²) >= 11 is 1.08. The molecule has 0 radical (unpaired) electrons. The van der Waals surface area contributed by atoms with E-state index in [0.717, 1.165) is 16.7 Å². The predicted molar refractivity (Wildman–Crippen MR) is 84.0 cm³/mol. The predicted octanol–water partition coefficient (Wildman–Crippen LogP) is 3.53. The molecule has 1 rings (SSSR count). The molecule has 0 aromatic heterocycles. The van der Waals surface area contributed by atoms with Crippen molar-refractivity contribution in [2.75, 3.05) is 19.4 Å². The Morgan fingerprint density at radius 1 is 1.20 bits per heavy atom. The Balaban J connectivity index is 2.80. The highest BCUT2D eigenvalue weighted by Crippen LogP contribution is 2.28. The number of thioether (sulfide) groups is 1. The zero-order chi connectivity index (χ0) is 15.0. The van der Waals surface area contributed by atoms with Crippen LogP contribution < -0.4 is 5.32 Å². The Labute approximate surface area is 123 Å². The molecule has 0 spiro atoms. The smallest absolute Gasteiger partial charge is 0.286 e. The molecular weight excluding hydrogens is 272 g/mol. The van der Waals surface area contributed by atoms with Crippen molar-refractivity contribution in [1.82, 2.24) is 4.90 Å². The van der Waals surface area contributed by atoms with Crippen LogP contribution in [-0.4, -0.2) is 30.1 Å². The van der Waals surface area contributed by atoms with E-state index in [0.29, 0.717) is 5.69 Å². The summed E-state index contributed by atoms with van der Waals surface area (Å²) in [5, 5.41) is 2.68. The van der Waals surface area contributed by atoms with Gasteiger partial charge >= 0.3 is 0 Å². The third-order valence-corrected chi connectivity index (χ3v) is 3.37. The number of hydrogen-bond donors (Lipinski definition) is 1.